The third-order valence-corrected chi connectivity index (χ3v) is 5.48. The van der Waals surface area contributed by atoms with Gasteiger partial charge in [-0.15, -0.1) is 0 Å². The van der Waals surface area contributed by atoms with Crippen molar-refractivity contribution in [1.29, 1.82) is 0 Å². The van der Waals surface area contributed by atoms with Crippen molar-refractivity contribution in [2.45, 2.75) is 33.4 Å². The number of nitrogens with zero attached hydrogens (tertiary/aromatic N) is 1. The number of carbonyl (C=O) groups is 2. The van der Waals surface area contributed by atoms with Crippen molar-refractivity contribution < 1.29 is 18.7 Å². The van der Waals surface area contributed by atoms with Crippen LogP contribution in [0.15, 0.2) is 60.7 Å². The van der Waals surface area contributed by atoms with E-state index in [-0.39, 0.29) is 24.2 Å². The van der Waals surface area contributed by atoms with Crippen LogP contribution >= 0.6 is 0 Å². The first kappa shape index (κ1) is 20.6. The molecule has 0 radical (unpaired) electrons. The number of amides is 2. The molecule has 0 fully saturated rings. The molecular weight excluding hydrogens is 395 g/mol. The first-order chi connectivity index (χ1) is 14.8. The Labute approximate surface area is 180 Å². The molecule has 158 valence electrons. The number of hydrogen-bond acceptors (Lipinski definition) is 3. The van der Waals surface area contributed by atoms with Crippen LogP contribution in [0.5, 0.6) is 5.75 Å². The molecular formula is C25H23FN2O3. The smallest absolute Gasteiger partial charge is 0.268 e. The van der Waals surface area contributed by atoms with E-state index in [1.165, 1.54) is 11.0 Å². The topological polar surface area (TPSA) is 58.6 Å². The van der Waals surface area contributed by atoms with Crippen molar-refractivity contribution in [2.75, 3.05) is 10.2 Å². The summed E-state index contributed by atoms with van der Waals surface area (Å²) >= 11 is 0. The first-order valence-corrected chi connectivity index (χ1v) is 10.1. The summed E-state index contributed by atoms with van der Waals surface area (Å²) in [5, 5.41) is 2.87. The van der Waals surface area contributed by atoms with Crippen molar-refractivity contribution in [2.24, 2.45) is 0 Å². The van der Waals surface area contributed by atoms with Crippen molar-refractivity contribution in [3.63, 3.8) is 0 Å². The predicted molar refractivity (Wildman–Crippen MR) is 118 cm³/mol. The van der Waals surface area contributed by atoms with Crippen LogP contribution < -0.4 is 15.0 Å². The Hall–Kier alpha value is -3.67. The Balaban J connectivity index is 1.64. The summed E-state index contributed by atoms with van der Waals surface area (Å²) in [6.07, 6.45) is -0.685. The average molecular weight is 418 g/mol. The minimum Gasteiger partial charge on any atom is -0.479 e. The number of carbonyl (C=O) groups excluding carboxylic acids is 2. The van der Waals surface area contributed by atoms with Gasteiger partial charge in [-0.2, -0.15) is 0 Å². The van der Waals surface area contributed by atoms with Gasteiger partial charge >= 0.3 is 0 Å². The summed E-state index contributed by atoms with van der Waals surface area (Å²) in [6.45, 7) is 5.67. The summed E-state index contributed by atoms with van der Waals surface area (Å²) in [7, 11) is 0. The lowest BCUT2D eigenvalue weighted by Gasteiger charge is -2.33. The van der Waals surface area contributed by atoms with E-state index in [2.05, 4.69) is 5.32 Å². The second-order valence-corrected chi connectivity index (χ2v) is 7.71. The van der Waals surface area contributed by atoms with E-state index >= 15 is 0 Å². The minimum absolute atomic E-state index is 0.0702. The van der Waals surface area contributed by atoms with Gasteiger partial charge in [0, 0.05) is 16.8 Å². The fourth-order valence-corrected chi connectivity index (χ4v) is 3.53. The summed E-state index contributed by atoms with van der Waals surface area (Å²) in [4.78, 5) is 27.0. The highest BCUT2D eigenvalue weighted by atomic mass is 19.1. The maximum Gasteiger partial charge on any atom is 0.268 e. The molecule has 4 rings (SSSR count). The van der Waals surface area contributed by atoms with Gasteiger partial charge in [-0.1, -0.05) is 24.3 Å². The van der Waals surface area contributed by atoms with Crippen molar-refractivity contribution in [1.82, 2.24) is 0 Å². The van der Waals surface area contributed by atoms with Gasteiger partial charge < -0.3 is 15.0 Å². The molecule has 0 aromatic heterocycles. The fourth-order valence-electron chi connectivity index (χ4n) is 3.53. The van der Waals surface area contributed by atoms with Crippen LogP contribution in [0.2, 0.25) is 0 Å². The number of aryl methyl sites for hydroxylation is 2. The molecule has 0 saturated heterocycles. The molecule has 31 heavy (non-hydrogen) atoms. The van der Waals surface area contributed by atoms with Crippen molar-refractivity contribution >= 4 is 23.2 Å². The van der Waals surface area contributed by atoms with Crippen molar-refractivity contribution in [3.05, 3.63) is 88.7 Å². The monoisotopic (exact) mass is 418 g/mol. The molecule has 5 nitrogen and oxygen atoms in total. The van der Waals surface area contributed by atoms with Crippen molar-refractivity contribution in [3.8, 4) is 5.75 Å². The second kappa shape index (κ2) is 8.22. The van der Waals surface area contributed by atoms with Crippen LogP contribution in [0.4, 0.5) is 15.8 Å². The van der Waals surface area contributed by atoms with Crippen LogP contribution in [0.3, 0.4) is 0 Å². The summed E-state index contributed by atoms with van der Waals surface area (Å²) in [5.74, 6) is -0.392. The van der Waals surface area contributed by atoms with Gasteiger partial charge in [0.25, 0.3) is 11.8 Å². The Morgan fingerprint density at radius 1 is 1.06 bits per heavy atom. The SMILES string of the molecule is Cc1ccc(C(=O)Nc2ccc3c(c2)N(Cc2ccccc2F)C(=O)C(C)O3)cc1C. The molecule has 3 aromatic rings. The Bertz CT molecular complexity index is 1180. The van der Waals surface area contributed by atoms with E-state index in [0.29, 0.717) is 28.3 Å². The van der Waals surface area contributed by atoms with Crippen LogP contribution in [0.25, 0.3) is 0 Å². The molecule has 3 aromatic carbocycles. The number of rotatable bonds is 4. The lowest BCUT2D eigenvalue weighted by Crippen LogP contribution is -2.44. The highest BCUT2D eigenvalue weighted by Gasteiger charge is 2.32. The Morgan fingerprint density at radius 2 is 1.84 bits per heavy atom. The first-order valence-electron chi connectivity index (χ1n) is 10.1. The summed E-state index contributed by atoms with van der Waals surface area (Å²) < 4.78 is 19.9. The quantitative estimate of drug-likeness (QED) is 0.648. The highest BCUT2D eigenvalue weighted by Crippen LogP contribution is 2.37. The molecule has 0 bridgehead atoms. The van der Waals surface area contributed by atoms with E-state index in [9.17, 15) is 14.0 Å². The standard InChI is InChI=1S/C25H23FN2O3/c1-15-8-9-18(12-16(15)2)24(29)27-20-10-11-23-22(13-20)28(25(30)17(3)31-23)14-19-6-4-5-7-21(19)26/h4-13,17H,14H2,1-3H3,(H,27,29). The zero-order valence-corrected chi connectivity index (χ0v) is 17.6. The Kier molecular flexibility index (Phi) is 5.46. The van der Waals surface area contributed by atoms with Gasteiger partial charge in [-0.25, -0.2) is 4.39 Å². The number of nitrogens with one attached hydrogen (secondary N) is 1. The minimum atomic E-state index is -0.685. The van der Waals surface area contributed by atoms with Gasteiger partial charge in [0.05, 0.1) is 12.2 Å². The zero-order valence-electron chi connectivity index (χ0n) is 17.6. The molecule has 0 spiro atoms. The molecule has 6 heteroatoms. The van der Waals surface area contributed by atoms with Gasteiger partial charge in [-0.05, 0) is 68.3 Å². The van der Waals surface area contributed by atoms with Crippen LogP contribution in [-0.2, 0) is 11.3 Å². The number of halogens is 1. The van der Waals surface area contributed by atoms with Gasteiger partial charge in [0.1, 0.15) is 11.6 Å². The summed E-state index contributed by atoms with van der Waals surface area (Å²) in [6, 6.07) is 17.0. The molecule has 1 N–H and O–H groups in total. The third-order valence-electron chi connectivity index (χ3n) is 5.48. The normalized spacial score (nSPS) is 15.3. The molecule has 1 atom stereocenters. The van der Waals surface area contributed by atoms with Crippen LogP contribution in [0, 0.1) is 19.7 Å². The fraction of sp³-hybridized carbons (Fsp3) is 0.200. The van der Waals surface area contributed by atoms with Gasteiger partial charge in [0.15, 0.2) is 6.10 Å². The number of hydrogen-bond donors (Lipinski definition) is 1. The lowest BCUT2D eigenvalue weighted by atomic mass is 10.1. The van der Waals surface area contributed by atoms with E-state index in [1.54, 1.807) is 49.4 Å². The van der Waals surface area contributed by atoms with Gasteiger partial charge in [0.2, 0.25) is 0 Å². The molecule has 1 aliphatic heterocycles. The van der Waals surface area contributed by atoms with E-state index in [1.807, 2.05) is 26.0 Å². The number of fused-ring (bicyclic) bond motifs is 1. The zero-order chi connectivity index (χ0) is 22.1. The molecule has 1 unspecified atom stereocenters. The third kappa shape index (κ3) is 4.14. The molecule has 0 saturated carbocycles. The average Bonchev–Trinajstić information content (AvgIpc) is 2.75. The van der Waals surface area contributed by atoms with E-state index in [4.69, 9.17) is 4.74 Å². The molecule has 2 amide bonds. The summed E-state index contributed by atoms with van der Waals surface area (Å²) in [5.41, 5.74) is 4.10. The van der Waals surface area contributed by atoms with E-state index in [0.717, 1.165) is 11.1 Å². The van der Waals surface area contributed by atoms with Gasteiger partial charge in [-0.3, -0.25) is 9.59 Å². The second-order valence-electron chi connectivity index (χ2n) is 7.71. The molecule has 1 aliphatic rings. The largest absolute Gasteiger partial charge is 0.479 e. The number of ether oxygens (including phenoxy) is 1. The number of benzene rings is 3. The maximum atomic E-state index is 14.2. The maximum absolute atomic E-state index is 14.2. The van der Waals surface area contributed by atoms with Crippen LogP contribution in [0.1, 0.15) is 34.0 Å². The highest BCUT2D eigenvalue weighted by molar-refractivity contribution is 6.06. The van der Waals surface area contributed by atoms with E-state index < -0.39 is 6.10 Å². The molecule has 1 heterocycles. The van der Waals surface area contributed by atoms with Crippen LogP contribution in [-0.4, -0.2) is 17.9 Å². The molecule has 0 aliphatic carbocycles. The lowest BCUT2D eigenvalue weighted by molar-refractivity contribution is -0.125. The predicted octanol–water partition coefficient (Wildman–Crippen LogP) is 5.01. The number of anilines is 2. The Morgan fingerprint density at radius 3 is 2.58 bits per heavy atom.